The summed E-state index contributed by atoms with van der Waals surface area (Å²) in [5, 5.41) is 10.2. The van der Waals surface area contributed by atoms with Gasteiger partial charge in [0.15, 0.2) is 10.8 Å². The minimum atomic E-state index is -0.253. The van der Waals surface area contributed by atoms with Crippen LogP contribution in [0.3, 0.4) is 0 Å². The Labute approximate surface area is 93.4 Å². The van der Waals surface area contributed by atoms with Crippen LogP contribution in [0.25, 0.3) is 0 Å². The first-order chi connectivity index (χ1) is 7.09. The number of rotatable bonds is 3. The maximum atomic E-state index is 11.5. The van der Waals surface area contributed by atoms with Crippen molar-refractivity contribution in [3.8, 4) is 0 Å². The second-order valence-corrected chi connectivity index (χ2v) is 3.62. The van der Waals surface area contributed by atoms with E-state index < -0.39 is 0 Å². The Morgan fingerprint density at radius 2 is 2.20 bits per heavy atom. The molecule has 1 aromatic rings. The van der Waals surface area contributed by atoms with E-state index in [2.05, 4.69) is 15.5 Å². The zero-order valence-corrected chi connectivity index (χ0v) is 9.38. The number of nitrogens with one attached hydrogen (secondary N) is 1. The normalized spacial score (nSPS) is 9.53. The fourth-order valence-electron chi connectivity index (χ4n) is 0.876. The van der Waals surface area contributed by atoms with Crippen molar-refractivity contribution < 1.29 is 4.79 Å². The lowest BCUT2D eigenvalue weighted by Gasteiger charge is -2.00. The SMILES string of the molecule is CC(C)=CCNC(=O)c1ccc(Cl)nn1. The lowest BCUT2D eigenvalue weighted by atomic mass is 10.3. The van der Waals surface area contributed by atoms with Gasteiger partial charge in [0.05, 0.1) is 0 Å². The van der Waals surface area contributed by atoms with Crippen LogP contribution in [0.2, 0.25) is 5.15 Å². The highest BCUT2D eigenvalue weighted by molar-refractivity contribution is 6.29. The van der Waals surface area contributed by atoms with E-state index in [4.69, 9.17) is 11.6 Å². The third kappa shape index (κ3) is 4.08. The largest absolute Gasteiger partial charge is 0.347 e. The minimum Gasteiger partial charge on any atom is -0.347 e. The molecule has 0 saturated carbocycles. The highest BCUT2D eigenvalue weighted by atomic mass is 35.5. The first kappa shape index (κ1) is 11.7. The van der Waals surface area contributed by atoms with Crippen molar-refractivity contribution in [1.82, 2.24) is 15.5 Å². The monoisotopic (exact) mass is 225 g/mol. The molecule has 1 rings (SSSR count). The molecular weight excluding hydrogens is 214 g/mol. The van der Waals surface area contributed by atoms with Crippen molar-refractivity contribution in [3.05, 3.63) is 34.6 Å². The summed E-state index contributed by atoms with van der Waals surface area (Å²) in [6.45, 7) is 4.42. The molecule has 0 aliphatic carbocycles. The van der Waals surface area contributed by atoms with Gasteiger partial charge in [-0.05, 0) is 26.0 Å². The molecule has 0 spiro atoms. The van der Waals surface area contributed by atoms with Crippen LogP contribution in [0, 0.1) is 0 Å². The van der Waals surface area contributed by atoms with Gasteiger partial charge in [0.2, 0.25) is 0 Å². The summed E-state index contributed by atoms with van der Waals surface area (Å²) in [6.07, 6.45) is 1.92. The first-order valence-electron chi connectivity index (χ1n) is 4.50. The number of hydrogen-bond donors (Lipinski definition) is 1. The summed E-state index contributed by atoms with van der Waals surface area (Å²) in [5.74, 6) is -0.253. The molecule has 5 heteroatoms. The van der Waals surface area contributed by atoms with Gasteiger partial charge in [-0.15, -0.1) is 10.2 Å². The Morgan fingerprint density at radius 3 is 2.73 bits per heavy atom. The van der Waals surface area contributed by atoms with Crippen molar-refractivity contribution in [2.75, 3.05) is 6.54 Å². The van der Waals surface area contributed by atoms with Gasteiger partial charge in [0.25, 0.3) is 5.91 Å². The summed E-state index contributed by atoms with van der Waals surface area (Å²) < 4.78 is 0. The second kappa shape index (κ2) is 5.46. The van der Waals surface area contributed by atoms with Crippen molar-refractivity contribution in [2.45, 2.75) is 13.8 Å². The lowest BCUT2D eigenvalue weighted by Crippen LogP contribution is -2.24. The molecule has 0 saturated heterocycles. The summed E-state index contributed by atoms with van der Waals surface area (Å²) in [7, 11) is 0. The van der Waals surface area contributed by atoms with Crippen LogP contribution in [-0.2, 0) is 0 Å². The van der Waals surface area contributed by atoms with Gasteiger partial charge in [-0.2, -0.15) is 0 Å². The average molecular weight is 226 g/mol. The summed E-state index contributed by atoms with van der Waals surface area (Å²) >= 11 is 5.55. The quantitative estimate of drug-likeness (QED) is 0.799. The number of allylic oxidation sites excluding steroid dienone is 1. The average Bonchev–Trinajstić information content (AvgIpc) is 2.18. The molecule has 0 bridgehead atoms. The molecule has 0 fully saturated rings. The molecular formula is C10H12ClN3O. The summed E-state index contributed by atoms with van der Waals surface area (Å²) in [6, 6.07) is 3.07. The molecule has 4 nitrogen and oxygen atoms in total. The van der Waals surface area contributed by atoms with Crippen LogP contribution in [0.4, 0.5) is 0 Å². The maximum absolute atomic E-state index is 11.5. The van der Waals surface area contributed by atoms with E-state index in [1.165, 1.54) is 12.1 Å². The second-order valence-electron chi connectivity index (χ2n) is 3.23. The number of aromatic nitrogens is 2. The smallest absolute Gasteiger partial charge is 0.272 e. The van der Waals surface area contributed by atoms with Crippen molar-refractivity contribution in [1.29, 1.82) is 0 Å². The van der Waals surface area contributed by atoms with Crippen LogP contribution >= 0.6 is 11.6 Å². The van der Waals surface area contributed by atoms with Crippen LogP contribution in [0.5, 0.6) is 0 Å². The molecule has 0 unspecified atom stereocenters. The molecule has 1 amide bonds. The predicted molar refractivity (Wildman–Crippen MR) is 58.8 cm³/mol. The van der Waals surface area contributed by atoms with Gasteiger partial charge in [-0.1, -0.05) is 23.3 Å². The number of carbonyl (C=O) groups excluding carboxylic acids is 1. The number of hydrogen-bond acceptors (Lipinski definition) is 3. The first-order valence-corrected chi connectivity index (χ1v) is 4.88. The molecule has 0 aliphatic heterocycles. The van der Waals surface area contributed by atoms with Crippen LogP contribution < -0.4 is 5.32 Å². The van der Waals surface area contributed by atoms with Gasteiger partial charge >= 0.3 is 0 Å². The topological polar surface area (TPSA) is 54.9 Å². The molecule has 0 aliphatic rings. The van der Waals surface area contributed by atoms with E-state index in [-0.39, 0.29) is 16.8 Å². The van der Waals surface area contributed by atoms with Gasteiger partial charge in [0, 0.05) is 6.54 Å². The number of halogens is 1. The zero-order valence-electron chi connectivity index (χ0n) is 8.62. The third-order valence-corrected chi connectivity index (χ3v) is 1.84. The molecule has 80 valence electrons. The van der Waals surface area contributed by atoms with E-state index in [9.17, 15) is 4.79 Å². The Hall–Kier alpha value is -1.42. The van der Waals surface area contributed by atoms with Crippen molar-refractivity contribution in [2.24, 2.45) is 0 Å². The third-order valence-electron chi connectivity index (χ3n) is 1.64. The van der Waals surface area contributed by atoms with Crippen LogP contribution in [0.1, 0.15) is 24.3 Å². The van der Waals surface area contributed by atoms with Crippen LogP contribution in [-0.4, -0.2) is 22.6 Å². The van der Waals surface area contributed by atoms with E-state index in [0.717, 1.165) is 5.57 Å². The molecule has 1 N–H and O–H groups in total. The molecule has 0 atom stereocenters. The fourth-order valence-corrected chi connectivity index (χ4v) is 0.976. The summed E-state index contributed by atoms with van der Waals surface area (Å²) in [4.78, 5) is 11.5. The Bertz CT molecular complexity index is 369. The van der Waals surface area contributed by atoms with E-state index in [1.54, 1.807) is 0 Å². The Balaban J connectivity index is 2.54. The fraction of sp³-hybridized carbons (Fsp3) is 0.300. The highest BCUT2D eigenvalue weighted by Gasteiger charge is 2.05. The van der Waals surface area contributed by atoms with Crippen molar-refractivity contribution in [3.63, 3.8) is 0 Å². The standard InChI is InChI=1S/C10H12ClN3O/c1-7(2)5-6-12-10(15)8-3-4-9(11)14-13-8/h3-5H,6H2,1-2H3,(H,12,15). The molecule has 1 heterocycles. The molecule has 1 aromatic heterocycles. The highest BCUT2D eigenvalue weighted by Crippen LogP contribution is 2.01. The summed E-state index contributed by atoms with van der Waals surface area (Å²) in [5.41, 5.74) is 1.42. The Kier molecular flexibility index (Phi) is 4.24. The Morgan fingerprint density at radius 1 is 1.47 bits per heavy atom. The van der Waals surface area contributed by atoms with Gasteiger partial charge < -0.3 is 5.32 Å². The molecule has 0 radical (unpaired) electrons. The number of nitrogens with zero attached hydrogens (tertiary/aromatic N) is 2. The molecule has 0 aromatic carbocycles. The number of carbonyl (C=O) groups is 1. The van der Waals surface area contributed by atoms with Crippen molar-refractivity contribution >= 4 is 17.5 Å². The van der Waals surface area contributed by atoms with Gasteiger partial charge in [-0.25, -0.2) is 0 Å². The van der Waals surface area contributed by atoms with Gasteiger partial charge in [0.1, 0.15) is 0 Å². The maximum Gasteiger partial charge on any atom is 0.272 e. The minimum absolute atomic E-state index is 0.253. The van der Waals surface area contributed by atoms with Crippen LogP contribution in [0.15, 0.2) is 23.8 Å². The zero-order chi connectivity index (χ0) is 11.3. The lowest BCUT2D eigenvalue weighted by molar-refractivity contribution is 0.0952. The predicted octanol–water partition coefficient (Wildman–Crippen LogP) is 1.83. The molecule has 15 heavy (non-hydrogen) atoms. The van der Waals surface area contributed by atoms with E-state index in [0.29, 0.717) is 6.54 Å². The number of amides is 1. The van der Waals surface area contributed by atoms with E-state index >= 15 is 0 Å². The van der Waals surface area contributed by atoms with Gasteiger partial charge in [-0.3, -0.25) is 4.79 Å². The van der Waals surface area contributed by atoms with E-state index in [1.807, 2.05) is 19.9 Å².